The summed E-state index contributed by atoms with van der Waals surface area (Å²) < 4.78 is 51.9. The molecule has 0 aliphatic carbocycles. The van der Waals surface area contributed by atoms with Gasteiger partial charge in [0.15, 0.2) is 0 Å². The van der Waals surface area contributed by atoms with Crippen LogP contribution in [0.25, 0.3) is 0 Å². The Morgan fingerprint density at radius 1 is 1.26 bits per heavy atom. The van der Waals surface area contributed by atoms with Crippen LogP contribution in [0.2, 0.25) is 0 Å². The number of carbonyl (C=O) groups is 1. The van der Waals surface area contributed by atoms with E-state index in [9.17, 15) is 22.0 Å². The number of halogens is 2. The van der Waals surface area contributed by atoms with Gasteiger partial charge < -0.3 is 0 Å². The summed E-state index contributed by atoms with van der Waals surface area (Å²) in [4.78, 5) is 10.7. The highest BCUT2D eigenvalue weighted by atomic mass is 32.2. The van der Waals surface area contributed by atoms with Crippen LogP contribution >= 0.6 is 0 Å². The van der Waals surface area contributed by atoms with Gasteiger partial charge in [-0.25, -0.2) is 21.9 Å². The average Bonchev–Trinajstić information content (AvgIpc) is 2.31. The monoisotopic (exact) mass is 289 g/mol. The van der Waals surface area contributed by atoms with Gasteiger partial charge in [-0.2, -0.15) is 0 Å². The predicted molar refractivity (Wildman–Crippen MR) is 65.9 cm³/mol. The van der Waals surface area contributed by atoms with Gasteiger partial charge in [0.25, 0.3) is 15.9 Å². The first-order valence-corrected chi connectivity index (χ1v) is 6.83. The van der Waals surface area contributed by atoms with Gasteiger partial charge in [-0.05, 0) is 32.4 Å². The third kappa shape index (κ3) is 3.37. The summed E-state index contributed by atoms with van der Waals surface area (Å²) >= 11 is 0. The molecule has 1 aromatic rings. The summed E-state index contributed by atoms with van der Waals surface area (Å²) in [6.45, 7) is 4.27. The molecule has 0 aliphatic rings. The van der Waals surface area contributed by atoms with E-state index in [1.54, 1.807) is 11.6 Å². The van der Waals surface area contributed by atoms with E-state index in [4.69, 9.17) is 0 Å². The molecule has 0 aliphatic heterocycles. The van der Waals surface area contributed by atoms with Crippen LogP contribution in [0.15, 0.2) is 28.7 Å². The number of hydrogen-bond donors (Lipinski definition) is 1. The quantitative estimate of drug-likeness (QED) is 0.866. The average molecular weight is 289 g/mol. The molecule has 104 valence electrons. The van der Waals surface area contributed by atoms with Gasteiger partial charge >= 0.3 is 0 Å². The lowest BCUT2D eigenvalue weighted by atomic mass is 10.2. The van der Waals surface area contributed by atoms with Crippen molar-refractivity contribution in [1.82, 2.24) is 4.72 Å². The van der Waals surface area contributed by atoms with E-state index >= 15 is 0 Å². The fraction of sp³-hybridized carbons (Fsp3) is 0.250. The third-order valence-corrected chi connectivity index (χ3v) is 3.87. The molecule has 0 radical (unpaired) electrons. The van der Waals surface area contributed by atoms with E-state index in [0.29, 0.717) is 6.07 Å². The van der Waals surface area contributed by atoms with Crippen molar-refractivity contribution in [3.8, 4) is 0 Å². The summed E-state index contributed by atoms with van der Waals surface area (Å²) in [5.74, 6) is -2.96. The second kappa shape index (κ2) is 5.48. The van der Waals surface area contributed by atoms with Gasteiger partial charge in [0.1, 0.15) is 16.5 Å². The number of sulfonamides is 1. The zero-order valence-corrected chi connectivity index (χ0v) is 11.4. The predicted octanol–water partition coefficient (Wildman–Crippen LogP) is 2.04. The van der Waals surface area contributed by atoms with Crippen molar-refractivity contribution in [2.45, 2.75) is 25.7 Å². The van der Waals surface area contributed by atoms with Crippen molar-refractivity contribution in [1.29, 1.82) is 0 Å². The van der Waals surface area contributed by atoms with Crippen molar-refractivity contribution in [2.24, 2.45) is 0 Å². The van der Waals surface area contributed by atoms with Gasteiger partial charge in [-0.1, -0.05) is 6.08 Å². The third-order valence-electron chi connectivity index (χ3n) is 2.52. The Bertz CT molecular complexity index is 651. The molecule has 0 saturated heterocycles. The van der Waals surface area contributed by atoms with Crippen molar-refractivity contribution in [3.63, 3.8) is 0 Å². The standard InChI is InChI=1S/C12H13F2NO3S/c1-4-7(2)12(16)15-19(17,18)11-5-8(3)9(13)6-10(11)14/h4-6H,1-3H3,(H,15,16). The summed E-state index contributed by atoms with van der Waals surface area (Å²) in [6, 6.07) is 1.31. The fourth-order valence-corrected chi connectivity index (χ4v) is 2.39. The van der Waals surface area contributed by atoms with Crippen molar-refractivity contribution >= 4 is 15.9 Å². The smallest absolute Gasteiger partial charge is 0.267 e. The van der Waals surface area contributed by atoms with E-state index < -0.39 is 32.5 Å². The summed E-state index contributed by atoms with van der Waals surface area (Å²) in [6.07, 6.45) is 1.41. The molecule has 19 heavy (non-hydrogen) atoms. The van der Waals surface area contributed by atoms with Gasteiger partial charge in [0, 0.05) is 11.6 Å². The Morgan fingerprint density at radius 3 is 2.37 bits per heavy atom. The van der Waals surface area contributed by atoms with Crippen LogP contribution < -0.4 is 4.72 Å². The van der Waals surface area contributed by atoms with Crippen LogP contribution in [0.3, 0.4) is 0 Å². The zero-order valence-electron chi connectivity index (χ0n) is 10.6. The minimum atomic E-state index is -4.37. The van der Waals surface area contributed by atoms with Crippen LogP contribution in [0.1, 0.15) is 19.4 Å². The molecule has 0 heterocycles. The first-order valence-electron chi connectivity index (χ1n) is 5.34. The zero-order chi connectivity index (χ0) is 14.8. The normalized spacial score (nSPS) is 12.4. The number of allylic oxidation sites excluding steroid dienone is 1. The van der Waals surface area contributed by atoms with Gasteiger partial charge in [-0.15, -0.1) is 0 Å². The first kappa shape index (κ1) is 15.3. The highest BCUT2D eigenvalue weighted by Gasteiger charge is 2.23. The Hall–Kier alpha value is -1.76. The highest BCUT2D eigenvalue weighted by molar-refractivity contribution is 7.90. The maximum Gasteiger partial charge on any atom is 0.267 e. The number of hydrogen-bond acceptors (Lipinski definition) is 3. The van der Waals surface area contributed by atoms with E-state index in [1.165, 1.54) is 19.9 Å². The summed E-state index contributed by atoms with van der Waals surface area (Å²) in [5, 5.41) is 0. The number of aryl methyl sites for hydroxylation is 1. The Morgan fingerprint density at radius 2 is 1.84 bits per heavy atom. The number of rotatable bonds is 3. The molecule has 0 spiro atoms. The fourth-order valence-electron chi connectivity index (χ4n) is 1.23. The Balaban J connectivity index is 3.22. The molecule has 0 atom stereocenters. The highest BCUT2D eigenvalue weighted by Crippen LogP contribution is 2.19. The van der Waals surface area contributed by atoms with E-state index in [-0.39, 0.29) is 11.1 Å². The number of nitrogens with one attached hydrogen (secondary N) is 1. The van der Waals surface area contributed by atoms with Crippen molar-refractivity contribution < 1.29 is 22.0 Å². The van der Waals surface area contributed by atoms with Crippen LogP contribution in [-0.4, -0.2) is 14.3 Å². The lowest BCUT2D eigenvalue weighted by molar-refractivity contribution is -0.115. The molecule has 0 saturated carbocycles. The Kier molecular flexibility index (Phi) is 4.41. The molecule has 4 nitrogen and oxygen atoms in total. The lowest BCUT2D eigenvalue weighted by Crippen LogP contribution is -2.31. The molecule has 1 N–H and O–H groups in total. The first-order chi connectivity index (χ1) is 8.69. The topological polar surface area (TPSA) is 63.2 Å². The van der Waals surface area contributed by atoms with Gasteiger partial charge in [0.2, 0.25) is 0 Å². The molecule has 1 rings (SSSR count). The maximum absolute atomic E-state index is 13.5. The van der Waals surface area contributed by atoms with Crippen LogP contribution in [-0.2, 0) is 14.8 Å². The summed E-state index contributed by atoms with van der Waals surface area (Å²) in [7, 11) is -4.37. The molecule has 0 aromatic heterocycles. The SMILES string of the molecule is CC=C(C)C(=O)NS(=O)(=O)c1cc(C)c(F)cc1F. The number of benzene rings is 1. The Labute approximate surface area is 110 Å². The minimum absolute atomic E-state index is 0.0306. The van der Waals surface area contributed by atoms with Crippen LogP contribution in [0, 0.1) is 18.6 Å². The second-order valence-corrected chi connectivity index (χ2v) is 5.59. The minimum Gasteiger partial charge on any atom is -0.269 e. The maximum atomic E-state index is 13.5. The molecule has 1 aromatic carbocycles. The van der Waals surface area contributed by atoms with Gasteiger partial charge in [-0.3, -0.25) is 4.79 Å². The largest absolute Gasteiger partial charge is 0.269 e. The molecular weight excluding hydrogens is 276 g/mol. The molecule has 0 fully saturated rings. The summed E-state index contributed by atoms with van der Waals surface area (Å²) in [5.41, 5.74) is 0.139. The van der Waals surface area contributed by atoms with Crippen molar-refractivity contribution in [3.05, 3.63) is 41.0 Å². The lowest BCUT2D eigenvalue weighted by Gasteiger charge is -2.09. The van der Waals surface area contributed by atoms with Crippen molar-refractivity contribution in [2.75, 3.05) is 0 Å². The molecular formula is C12H13F2NO3S. The van der Waals surface area contributed by atoms with E-state index in [1.807, 2.05) is 0 Å². The van der Waals surface area contributed by atoms with E-state index in [0.717, 1.165) is 6.07 Å². The van der Waals surface area contributed by atoms with Gasteiger partial charge in [0.05, 0.1) is 0 Å². The number of carbonyl (C=O) groups excluding carboxylic acids is 1. The van der Waals surface area contributed by atoms with Crippen LogP contribution in [0.5, 0.6) is 0 Å². The molecule has 1 amide bonds. The molecule has 0 bridgehead atoms. The molecule has 0 unspecified atom stereocenters. The molecule has 7 heteroatoms. The second-order valence-electron chi connectivity index (χ2n) is 3.94. The van der Waals surface area contributed by atoms with Crippen LogP contribution in [0.4, 0.5) is 8.78 Å². The van der Waals surface area contributed by atoms with E-state index in [2.05, 4.69) is 0 Å². The number of amides is 1.